The minimum Gasteiger partial charge on any atom is -0.308 e. The first kappa shape index (κ1) is 23.1. The number of hydrogen-bond acceptors (Lipinski definition) is 6. The normalized spacial score (nSPS) is 11.8. The van der Waals surface area contributed by atoms with Gasteiger partial charge in [0.05, 0.1) is 15.1 Å². The van der Waals surface area contributed by atoms with E-state index in [1.54, 1.807) is 23.1 Å². The van der Waals surface area contributed by atoms with Gasteiger partial charge in [-0.1, -0.05) is 53.8 Å². The van der Waals surface area contributed by atoms with E-state index >= 15 is 0 Å². The summed E-state index contributed by atoms with van der Waals surface area (Å²) in [5, 5.41) is 0.551. The first-order valence-electron chi connectivity index (χ1n) is 10.4. The number of fused-ring (bicyclic) bond motifs is 1. The van der Waals surface area contributed by atoms with Crippen LogP contribution in [0.4, 0.5) is 5.13 Å². The Labute approximate surface area is 198 Å². The Balaban J connectivity index is 1.67. The molecule has 0 aliphatic heterocycles. The quantitative estimate of drug-likeness (QED) is 0.388. The highest BCUT2D eigenvalue weighted by atomic mass is 32.2. The predicted octanol–water partition coefficient (Wildman–Crippen LogP) is 4.58. The summed E-state index contributed by atoms with van der Waals surface area (Å²) in [5.74, 6) is -0.140. The molecule has 0 atom stereocenters. The van der Waals surface area contributed by atoms with Crippen LogP contribution < -0.4 is 4.90 Å². The van der Waals surface area contributed by atoms with E-state index in [1.165, 1.54) is 17.6 Å². The van der Waals surface area contributed by atoms with Crippen molar-refractivity contribution in [2.24, 2.45) is 0 Å². The second kappa shape index (κ2) is 9.43. The third-order valence-corrected chi connectivity index (χ3v) is 7.41. The standard InChI is InChI=1S/C25H25N3O3S2/c1-27(2)15-16-28(25-26-22-14-13-21(33(3,30)31)17-23(22)32-25)24(29)20-11-9-19(10-12-20)18-7-5-4-6-8-18/h4-14,17H,15-16H2,1-3H3. The van der Waals surface area contributed by atoms with E-state index in [2.05, 4.69) is 4.98 Å². The summed E-state index contributed by atoms with van der Waals surface area (Å²) in [6.07, 6.45) is 1.18. The van der Waals surface area contributed by atoms with E-state index < -0.39 is 9.84 Å². The lowest BCUT2D eigenvalue weighted by molar-refractivity contribution is 0.0985. The van der Waals surface area contributed by atoms with Gasteiger partial charge in [0.2, 0.25) is 0 Å². The molecule has 1 aromatic heterocycles. The number of likely N-dealkylation sites (N-methyl/N-ethyl adjacent to an activating group) is 1. The van der Waals surface area contributed by atoms with Crippen molar-refractivity contribution in [1.29, 1.82) is 0 Å². The van der Waals surface area contributed by atoms with Gasteiger partial charge >= 0.3 is 0 Å². The molecule has 0 radical (unpaired) electrons. The lowest BCUT2D eigenvalue weighted by atomic mass is 10.0. The number of rotatable bonds is 7. The van der Waals surface area contributed by atoms with Gasteiger partial charge in [-0.2, -0.15) is 0 Å². The fraction of sp³-hybridized carbons (Fsp3) is 0.200. The van der Waals surface area contributed by atoms with Crippen LogP contribution in [0.5, 0.6) is 0 Å². The lowest BCUT2D eigenvalue weighted by Gasteiger charge is -2.22. The van der Waals surface area contributed by atoms with Gasteiger partial charge in [-0.05, 0) is 55.6 Å². The number of carbonyl (C=O) groups is 1. The molecule has 0 saturated heterocycles. The molecule has 4 rings (SSSR count). The SMILES string of the molecule is CN(C)CCN(C(=O)c1ccc(-c2ccccc2)cc1)c1nc2ccc(S(C)(=O)=O)cc2s1. The zero-order valence-corrected chi connectivity index (χ0v) is 20.4. The highest BCUT2D eigenvalue weighted by molar-refractivity contribution is 7.90. The maximum Gasteiger partial charge on any atom is 0.260 e. The average molecular weight is 480 g/mol. The Hall–Kier alpha value is -3.07. The molecule has 0 spiro atoms. The van der Waals surface area contributed by atoms with E-state index in [0.717, 1.165) is 15.8 Å². The number of benzene rings is 3. The van der Waals surface area contributed by atoms with Gasteiger partial charge in [0, 0.05) is 24.9 Å². The average Bonchev–Trinajstić information content (AvgIpc) is 3.22. The summed E-state index contributed by atoms with van der Waals surface area (Å²) in [6.45, 7) is 1.13. The summed E-state index contributed by atoms with van der Waals surface area (Å²) in [4.78, 5) is 22.0. The van der Waals surface area contributed by atoms with Crippen molar-refractivity contribution in [3.8, 4) is 11.1 Å². The van der Waals surface area contributed by atoms with Crippen LogP contribution in [-0.2, 0) is 9.84 Å². The van der Waals surface area contributed by atoms with Gasteiger partial charge < -0.3 is 4.90 Å². The van der Waals surface area contributed by atoms with E-state index in [-0.39, 0.29) is 10.8 Å². The maximum atomic E-state index is 13.5. The van der Waals surface area contributed by atoms with Crippen LogP contribution in [0.25, 0.3) is 21.3 Å². The molecule has 4 aromatic rings. The summed E-state index contributed by atoms with van der Waals surface area (Å²) >= 11 is 1.32. The van der Waals surface area contributed by atoms with Crippen molar-refractivity contribution in [2.45, 2.75) is 4.90 Å². The molecule has 0 aliphatic carbocycles. The van der Waals surface area contributed by atoms with Crippen LogP contribution in [0.2, 0.25) is 0 Å². The Morgan fingerprint density at radius 2 is 1.58 bits per heavy atom. The lowest BCUT2D eigenvalue weighted by Crippen LogP contribution is -2.36. The number of aromatic nitrogens is 1. The molecule has 1 amide bonds. The van der Waals surface area contributed by atoms with Crippen LogP contribution in [0.1, 0.15) is 10.4 Å². The second-order valence-electron chi connectivity index (χ2n) is 8.10. The van der Waals surface area contributed by atoms with Gasteiger partial charge in [0.15, 0.2) is 15.0 Å². The minimum absolute atomic E-state index is 0.140. The number of carbonyl (C=O) groups excluding carboxylic acids is 1. The molecule has 0 bridgehead atoms. The third-order valence-electron chi connectivity index (χ3n) is 5.26. The summed E-state index contributed by atoms with van der Waals surface area (Å²) in [7, 11) is 0.583. The van der Waals surface area contributed by atoms with E-state index in [9.17, 15) is 13.2 Å². The van der Waals surface area contributed by atoms with Crippen molar-refractivity contribution in [2.75, 3.05) is 38.3 Å². The predicted molar refractivity (Wildman–Crippen MR) is 135 cm³/mol. The first-order valence-corrected chi connectivity index (χ1v) is 13.2. The monoisotopic (exact) mass is 479 g/mol. The Morgan fingerprint density at radius 1 is 0.909 bits per heavy atom. The van der Waals surface area contributed by atoms with Gasteiger partial charge in [-0.3, -0.25) is 9.69 Å². The molecule has 170 valence electrons. The van der Waals surface area contributed by atoms with E-state index in [4.69, 9.17) is 0 Å². The molecule has 3 aromatic carbocycles. The topological polar surface area (TPSA) is 70.6 Å². The summed E-state index contributed by atoms with van der Waals surface area (Å²) in [6, 6.07) is 22.4. The second-order valence-corrected chi connectivity index (χ2v) is 11.1. The number of anilines is 1. The maximum absolute atomic E-state index is 13.5. The van der Waals surface area contributed by atoms with Gasteiger partial charge in [-0.25, -0.2) is 13.4 Å². The third kappa shape index (κ3) is 5.30. The molecular weight excluding hydrogens is 454 g/mol. The van der Waals surface area contributed by atoms with Crippen LogP contribution in [0.15, 0.2) is 77.7 Å². The van der Waals surface area contributed by atoms with Crippen molar-refractivity contribution >= 4 is 42.4 Å². The fourth-order valence-corrected chi connectivity index (χ4v) is 5.17. The van der Waals surface area contributed by atoms with Crippen molar-refractivity contribution in [3.63, 3.8) is 0 Å². The Kier molecular flexibility index (Phi) is 6.60. The number of amides is 1. The minimum atomic E-state index is -3.32. The molecule has 0 fully saturated rings. The first-order chi connectivity index (χ1) is 15.7. The molecule has 8 heteroatoms. The van der Waals surface area contributed by atoms with Crippen LogP contribution in [-0.4, -0.2) is 57.6 Å². The highest BCUT2D eigenvalue weighted by Crippen LogP contribution is 2.31. The van der Waals surface area contributed by atoms with Crippen molar-refractivity contribution < 1.29 is 13.2 Å². The number of sulfone groups is 1. The molecule has 0 N–H and O–H groups in total. The number of nitrogens with zero attached hydrogens (tertiary/aromatic N) is 3. The Bertz CT molecular complexity index is 1380. The molecule has 1 heterocycles. The van der Waals surface area contributed by atoms with Crippen LogP contribution in [0.3, 0.4) is 0 Å². The molecule has 0 saturated carbocycles. The largest absolute Gasteiger partial charge is 0.308 e. The molecule has 0 aliphatic rings. The molecule has 0 unspecified atom stereocenters. The highest BCUT2D eigenvalue weighted by Gasteiger charge is 2.22. The van der Waals surface area contributed by atoms with Crippen LogP contribution in [0, 0.1) is 0 Å². The number of thiazole rings is 1. The molecular formula is C25H25N3O3S2. The molecule has 33 heavy (non-hydrogen) atoms. The summed E-state index contributed by atoms with van der Waals surface area (Å²) in [5.41, 5.74) is 3.38. The van der Waals surface area contributed by atoms with Gasteiger partial charge in [0.25, 0.3) is 5.91 Å². The fourth-order valence-electron chi connectivity index (χ4n) is 3.41. The van der Waals surface area contributed by atoms with Gasteiger partial charge in [0.1, 0.15) is 0 Å². The van der Waals surface area contributed by atoms with Crippen molar-refractivity contribution in [1.82, 2.24) is 9.88 Å². The zero-order valence-electron chi connectivity index (χ0n) is 18.7. The zero-order chi connectivity index (χ0) is 23.6. The van der Waals surface area contributed by atoms with Crippen LogP contribution >= 0.6 is 11.3 Å². The van der Waals surface area contributed by atoms with Crippen molar-refractivity contribution in [3.05, 3.63) is 78.4 Å². The Morgan fingerprint density at radius 3 is 2.21 bits per heavy atom. The van der Waals surface area contributed by atoms with E-state index in [0.29, 0.717) is 29.3 Å². The van der Waals surface area contributed by atoms with E-state index in [1.807, 2.05) is 73.6 Å². The smallest absolute Gasteiger partial charge is 0.260 e. The summed E-state index contributed by atoms with van der Waals surface area (Å²) < 4.78 is 24.6. The number of hydrogen-bond donors (Lipinski definition) is 0. The van der Waals surface area contributed by atoms with Gasteiger partial charge in [-0.15, -0.1) is 0 Å². The molecule has 6 nitrogen and oxygen atoms in total.